The minimum absolute atomic E-state index is 0.00204. The van der Waals surface area contributed by atoms with Crippen molar-refractivity contribution in [3.8, 4) is 0 Å². The second-order valence-electron chi connectivity index (χ2n) is 6.03. The smallest absolute Gasteiger partial charge is 0.248 e. The average Bonchev–Trinajstić information content (AvgIpc) is 2.84. The first kappa shape index (κ1) is 14.5. The summed E-state index contributed by atoms with van der Waals surface area (Å²) in [4.78, 5) is 31.2. The minimum atomic E-state index is -0.656. The van der Waals surface area contributed by atoms with Crippen molar-refractivity contribution in [3.05, 3.63) is 16.1 Å². The second kappa shape index (κ2) is 5.75. The number of nitrogens with one attached hydrogen (secondary N) is 1. The molecule has 0 unspecified atom stereocenters. The van der Waals surface area contributed by atoms with Gasteiger partial charge in [-0.15, -0.1) is 11.3 Å². The van der Waals surface area contributed by atoms with Gasteiger partial charge in [0.15, 0.2) is 0 Å². The summed E-state index contributed by atoms with van der Waals surface area (Å²) in [6, 6.07) is 0. The largest absolute Gasteiger partial charge is 0.342 e. The molecule has 1 saturated carbocycles. The van der Waals surface area contributed by atoms with Crippen molar-refractivity contribution in [3.63, 3.8) is 0 Å². The number of amides is 2. The molecule has 1 aliphatic heterocycles. The number of hydrogen-bond donors (Lipinski definition) is 1. The average molecular weight is 307 g/mol. The SMILES string of the molecule is Cc1nc(CN2CCC(=O)NC3(CCCCC3)C2=O)cs1. The van der Waals surface area contributed by atoms with E-state index in [1.54, 1.807) is 11.3 Å². The van der Waals surface area contributed by atoms with E-state index in [0.29, 0.717) is 19.5 Å². The highest BCUT2D eigenvalue weighted by Gasteiger charge is 2.45. The predicted molar refractivity (Wildman–Crippen MR) is 80.8 cm³/mol. The Bertz CT molecular complexity index is 549. The van der Waals surface area contributed by atoms with Crippen molar-refractivity contribution in [1.82, 2.24) is 15.2 Å². The van der Waals surface area contributed by atoms with Crippen LogP contribution in [0.15, 0.2) is 5.38 Å². The van der Waals surface area contributed by atoms with Crippen LogP contribution in [0.3, 0.4) is 0 Å². The third kappa shape index (κ3) is 2.95. The van der Waals surface area contributed by atoms with Crippen molar-refractivity contribution in [2.75, 3.05) is 6.54 Å². The lowest BCUT2D eigenvalue weighted by Gasteiger charge is -2.37. The first-order chi connectivity index (χ1) is 10.1. The molecule has 2 amide bonds. The van der Waals surface area contributed by atoms with Gasteiger partial charge in [-0.1, -0.05) is 19.3 Å². The molecule has 5 nitrogen and oxygen atoms in total. The molecule has 1 aromatic rings. The lowest BCUT2D eigenvalue weighted by atomic mass is 9.80. The van der Waals surface area contributed by atoms with Gasteiger partial charge in [0.2, 0.25) is 11.8 Å². The van der Waals surface area contributed by atoms with Crippen LogP contribution in [0.2, 0.25) is 0 Å². The fourth-order valence-corrected chi connectivity index (χ4v) is 3.95. The molecule has 1 spiro atoms. The zero-order valence-electron chi connectivity index (χ0n) is 12.4. The molecule has 1 N–H and O–H groups in total. The van der Waals surface area contributed by atoms with Gasteiger partial charge in [-0.05, 0) is 19.8 Å². The maximum Gasteiger partial charge on any atom is 0.248 e. The van der Waals surface area contributed by atoms with E-state index in [2.05, 4.69) is 10.3 Å². The monoisotopic (exact) mass is 307 g/mol. The number of rotatable bonds is 2. The predicted octanol–water partition coefficient (Wildman–Crippen LogP) is 2.00. The van der Waals surface area contributed by atoms with Crippen LogP contribution < -0.4 is 5.32 Å². The highest BCUT2D eigenvalue weighted by atomic mass is 32.1. The molecule has 2 heterocycles. The van der Waals surface area contributed by atoms with E-state index in [-0.39, 0.29) is 11.8 Å². The number of nitrogens with zero attached hydrogens (tertiary/aromatic N) is 2. The number of aromatic nitrogens is 1. The summed E-state index contributed by atoms with van der Waals surface area (Å²) in [5, 5.41) is 6.02. The summed E-state index contributed by atoms with van der Waals surface area (Å²) in [5.41, 5.74) is 0.267. The van der Waals surface area contributed by atoms with Gasteiger partial charge in [0.05, 0.1) is 17.2 Å². The first-order valence-electron chi connectivity index (χ1n) is 7.60. The summed E-state index contributed by atoms with van der Waals surface area (Å²) in [7, 11) is 0. The molecule has 2 aliphatic rings. The van der Waals surface area contributed by atoms with E-state index in [4.69, 9.17) is 0 Å². The molecule has 3 rings (SSSR count). The van der Waals surface area contributed by atoms with Gasteiger partial charge in [-0.25, -0.2) is 4.98 Å². The van der Waals surface area contributed by atoms with Crippen LogP contribution >= 0.6 is 11.3 Å². The topological polar surface area (TPSA) is 62.3 Å². The zero-order valence-corrected chi connectivity index (χ0v) is 13.2. The Kier molecular flexibility index (Phi) is 3.97. The van der Waals surface area contributed by atoms with Crippen molar-refractivity contribution >= 4 is 23.2 Å². The molecule has 1 saturated heterocycles. The summed E-state index contributed by atoms with van der Waals surface area (Å²) in [5.74, 6) is 0.0842. The quantitative estimate of drug-likeness (QED) is 0.909. The molecule has 0 bridgehead atoms. The van der Waals surface area contributed by atoms with E-state index < -0.39 is 5.54 Å². The Morgan fingerprint density at radius 1 is 1.33 bits per heavy atom. The van der Waals surface area contributed by atoms with E-state index in [1.807, 2.05) is 17.2 Å². The van der Waals surface area contributed by atoms with Gasteiger partial charge in [-0.2, -0.15) is 0 Å². The number of carbonyl (C=O) groups is 2. The Balaban J connectivity index is 1.82. The molecule has 0 atom stereocenters. The fraction of sp³-hybridized carbons (Fsp3) is 0.667. The maximum atomic E-state index is 13.0. The Hall–Kier alpha value is -1.43. The summed E-state index contributed by atoms with van der Waals surface area (Å²) < 4.78 is 0. The van der Waals surface area contributed by atoms with Crippen molar-refractivity contribution in [2.45, 2.75) is 57.5 Å². The Morgan fingerprint density at radius 2 is 2.10 bits per heavy atom. The molecule has 1 aromatic heterocycles. The van der Waals surface area contributed by atoms with Crippen LogP contribution in [0.25, 0.3) is 0 Å². The van der Waals surface area contributed by atoms with Crippen LogP contribution in [0, 0.1) is 6.92 Å². The molecule has 21 heavy (non-hydrogen) atoms. The van der Waals surface area contributed by atoms with Crippen molar-refractivity contribution in [2.24, 2.45) is 0 Å². The van der Waals surface area contributed by atoms with Gasteiger partial charge < -0.3 is 10.2 Å². The normalized spacial score (nSPS) is 22.2. The van der Waals surface area contributed by atoms with Crippen LogP contribution in [0.1, 0.15) is 49.2 Å². The standard InChI is InChI=1S/C15H21N3O2S/c1-11-16-12(10-21-11)9-18-8-5-13(19)17-15(14(18)20)6-3-2-4-7-15/h10H,2-9H2,1H3,(H,17,19). The molecule has 0 aromatic carbocycles. The highest BCUT2D eigenvalue weighted by Crippen LogP contribution is 2.32. The van der Waals surface area contributed by atoms with E-state index in [9.17, 15) is 9.59 Å². The Labute approximate surface area is 128 Å². The van der Waals surface area contributed by atoms with Crippen LogP contribution in [0.5, 0.6) is 0 Å². The van der Waals surface area contributed by atoms with E-state index >= 15 is 0 Å². The summed E-state index contributed by atoms with van der Waals surface area (Å²) >= 11 is 1.60. The van der Waals surface area contributed by atoms with Gasteiger partial charge in [0.1, 0.15) is 5.54 Å². The third-order valence-electron chi connectivity index (χ3n) is 4.41. The van der Waals surface area contributed by atoms with E-state index in [1.165, 1.54) is 0 Å². The first-order valence-corrected chi connectivity index (χ1v) is 8.48. The molecule has 1 aliphatic carbocycles. The fourth-order valence-electron chi connectivity index (χ4n) is 3.35. The second-order valence-corrected chi connectivity index (χ2v) is 7.09. The van der Waals surface area contributed by atoms with Crippen LogP contribution in [0.4, 0.5) is 0 Å². The molecule has 0 radical (unpaired) electrons. The Morgan fingerprint density at radius 3 is 2.76 bits per heavy atom. The molecular formula is C15H21N3O2S. The van der Waals surface area contributed by atoms with Gasteiger partial charge in [-0.3, -0.25) is 9.59 Å². The van der Waals surface area contributed by atoms with Gasteiger partial charge in [0.25, 0.3) is 0 Å². The highest BCUT2D eigenvalue weighted by molar-refractivity contribution is 7.09. The molecule has 114 valence electrons. The van der Waals surface area contributed by atoms with Crippen LogP contribution in [-0.4, -0.2) is 33.8 Å². The number of hydrogen-bond acceptors (Lipinski definition) is 4. The number of aryl methyl sites for hydroxylation is 1. The zero-order chi connectivity index (χ0) is 14.9. The van der Waals surface area contributed by atoms with Crippen molar-refractivity contribution in [1.29, 1.82) is 0 Å². The lowest BCUT2D eigenvalue weighted by molar-refractivity contribution is -0.140. The third-order valence-corrected chi connectivity index (χ3v) is 5.23. The van der Waals surface area contributed by atoms with Gasteiger partial charge >= 0.3 is 0 Å². The molecule has 2 fully saturated rings. The number of carbonyl (C=O) groups excluding carboxylic acids is 2. The summed E-state index contributed by atoms with van der Waals surface area (Å²) in [6.45, 7) is 2.97. The van der Waals surface area contributed by atoms with Crippen LogP contribution in [-0.2, 0) is 16.1 Å². The molecule has 6 heteroatoms. The van der Waals surface area contributed by atoms with Gasteiger partial charge in [0, 0.05) is 18.3 Å². The van der Waals surface area contributed by atoms with Crippen molar-refractivity contribution < 1.29 is 9.59 Å². The maximum absolute atomic E-state index is 13.0. The number of thiazole rings is 1. The molecular weight excluding hydrogens is 286 g/mol. The van der Waals surface area contributed by atoms with E-state index in [0.717, 1.165) is 42.8 Å². The lowest BCUT2D eigenvalue weighted by Crippen LogP contribution is -2.57. The minimum Gasteiger partial charge on any atom is -0.342 e. The summed E-state index contributed by atoms with van der Waals surface area (Å²) in [6.07, 6.45) is 5.09.